The Kier molecular flexibility index (Phi) is 8.95. The highest BCUT2D eigenvalue weighted by Crippen LogP contribution is 2.51. The van der Waals surface area contributed by atoms with E-state index in [1.165, 1.54) is 33.4 Å². The molecule has 0 fully saturated rings. The Morgan fingerprint density at radius 2 is 0.608 bits per heavy atom. The van der Waals surface area contributed by atoms with Gasteiger partial charge in [0.15, 0.2) is 11.2 Å². The third kappa shape index (κ3) is 6.12. The summed E-state index contributed by atoms with van der Waals surface area (Å²) >= 11 is 0. The molecular weight excluding hydrogens is 909 g/mol. The molecule has 4 aromatic heterocycles. The van der Waals surface area contributed by atoms with Crippen LogP contribution in [0.3, 0.4) is 0 Å². The maximum atomic E-state index is 7.23. The molecule has 6 nitrogen and oxygen atoms in total. The molecule has 0 atom stereocenters. The third-order valence-electron chi connectivity index (χ3n) is 16.1. The second-order valence-electron chi connectivity index (χ2n) is 20.3. The zero-order valence-electron chi connectivity index (χ0n) is 41.8. The highest BCUT2D eigenvalue weighted by molar-refractivity contribution is 6.30. The quantitative estimate of drug-likeness (QED) is 0.165. The number of aryl methyl sites for hydroxylation is 4. The fraction of sp³-hybridized carbons (Fsp3) is 0.0882. The fourth-order valence-corrected chi connectivity index (χ4v) is 12.0. The number of rotatable bonds is 6. The molecule has 15 aromatic rings. The summed E-state index contributed by atoms with van der Waals surface area (Å²) in [7, 11) is 0. The summed E-state index contributed by atoms with van der Waals surface area (Å²) in [6.07, 6.45) is 0. The standard InChI is InChI=1S/C68H48N2O4/c1-37-29-45(30-38(2)41(37)5)69(43-23-27-61-55(33-43)49-17-11-13-21-59(49)71-61)57-35-63-65(51-19-9-7-15-47(51)57)53-25-26-54-66-52-20-10-8-16-48(52)58(36-64(66)74-68(54)67(53)73-63)70(46-31-39(3)42(6)40(4)32-46)44-24-28-62-56(34-44)50-18-12-14-22-60(50)72-62/h7-36H,1-6H3. The van der Waals surface area contributed by atoms with E-state index in [0.29, 0.717) is 0 Å². The predicted octanol–water partition coefficient (Wildman–Crippen LogP) is 20.4. The normalized spacial score (nSPS) is 12.2. The zero-order valence-corrected chi connectivity index (χ0v) is 41.8. The first-order chi connectivity index (χ1) is 36.1. The summed E-state index contributed by atoms with van der Waals surface area (Å²) in [5.74, 6) is 0. The molecule has 15 rings (SSSR count). The SMILES string of the molecule is Cc1cc(N(c2ccc3oc4ccccc4c3c2)c2cc3oc4c(ccc5c4oc4cc(N(c6cc(C)c(C)c(C)c6)c6ccc7oc8ccccc8c7c6)c6ccccc6c45)c3c3ccccc23)cc(C)c1C. The minimum Gasteiger partial charge on any atom is -0.456 e. The Hall–Kier alpha value is -9.26. The Morgan fingerprint density at radius 3 is 1.01 bits per heavy atom. The first-order valence-electron chi connectivity index (χ1n) is 25.4. The molecule has 4 heterocycles. The van der Waals surface area contributed by atoms with Crippen LogP contribution in [-0.4, -0.2) is 0 Å². The zero-order chi connectivity index (χ0) is 49.7. The molecule has 6 heteroatoms. The molecule has 0 amide bonds. The number of para-hydroxylation sites is 2. The molecule has 0 aliphatic carbocycles. The summed E-state index contributed by atoms with van der Waals surface area (Å²) in [6, 6.07) is 65.2. The smallest absolute Gasteiger partial charge is 0.178 e. The molecule has 354 valence electrons. The Labute approximate surface area is 425 Å². The Balaban J connectivity index is 0.975. The summed E-state index contributed by atoms with van der Waals surface area (Å²) in [5, 5.41) is 12.9. The lowest BCUT2D eigenvalue weighted by molar-refractivity contribution is 0.633. The first-order valence-corrected chi connectivity index (χ1v) is 25.4. The van der Waals surface area contributed by atoms with Crippen molar-refractivity contribution in [2.24, 2.45) is 0 Å². The van der Waals surface area contributed by atoms with Gasteiger partial charge in [-0.3, -0.25) is 0 Å². The van der Waals surface area contributed by atoms with Crippen molar-refractivity contribution in [3.8, 4) is 0 Å². The van der Waals surface area contributed by atoms with Gasteiger partial charge in [0.25, 0.3) is 0 Å². The minimum atomic E-state index is 0.723. The van der Waals surface area contributed by atoms with Crippen molar-refractivity contribution in [1.82, 2.24) is 0 Å². The van der Waals surface area contributed by atoms with E-state index in [1.54, 1.807) is 0 Å². The molecule has 74 heavy (non-hydrogen) atoms. The van der Waals surface area contributed by atoms with Crippen LogP contribution in [0.15, 0.2) is 200 Å². The average Bonchev–Trinajstić information content (AvgIpc) is 4.20. The maximum Gasteiger partial charge on any atom is 0.178 e. The lowest BCUT2D eigenvalue weighted by Gasteiger charge is -2.28. The topological polar surface area (TPSA) is 59.0 Å². The number of fused-ring (bicyclic) bond motifs is 17. The van der Waals surface area contributed by atoms with E-state index < -0.39 is 0 Å². The fourth-order valence-electron chi connectivity index (χ4n) is 12.0. The minimum absolute atomic E-state index is 0.723. The van der Waals surface area contributed by atoms with E-state index in [4.69, 9.17) is 17.7 Å². The van der Waals surface area contributed by atoms with Gasteiger partial charge >= 0.3 is 0 Å². The molecule has 0 N–H and O–H groups in total. The van der Waals surface area contributed by atoms with Crippen molar-refractivity contribution >= 4 is 143 Å². The monoisotopic (exact) mass is 956 g/mol. The summed E-state index contributed by atoms with van der Waals surface area (Å²) in [4.78, 5) is 4.77. The molecule has 0 radical (unpaired) electrons. The van der Waals surface area contributed by atoms with Gasteiger partial charge in [-0.1, -0.05) is 84.9 Å². The largest absolute Gasteiger partial charge is 0.456 e. The second kappa shape index (κ2) is 15.6. The predicted molar refractivity (Wildman–Crippen MR) is 308 cm³/mol. The van der Waals surface area contributed by atoms with E-state index in [0.717, 1.165) is 143 Å². The van der Waals surface area contributed by atoms with E-state index in [9.17, 15) is 0 Å². The maximum absolute atomic E-state index is 7.23. The van der Waals surface area contributed by atoms with Crippen LogP contribution in [0.25, 0.3) is 109 Å². The van der Waals surface area contributed by atoms with Crippen molar-refractivity contribution in [2.75, 3.05) is 9.80 Å². The van der Waals surface area contributed by atoms with Crippen molar-refractivity contribution < 1.29 is 17.7 Å². The van der Waals surface area contributed by atoms with Crippen LogP contribution >= 0.6 is 0 Å². The lowest BCUT2D eigenvalue weighted by Crippen LogP contribution is -2.11. The van der Waals surface area contributed by atoms with Crippen LogP contribution in [0, 0.1) is 41.5 Å². The molecule has 0 bridgehead atoms. The average molecular weight is 957 g/mol. The molecular formula is C68H48N2O4. The van der Waals surface area contributed by atoms with Crippen LogP contribution < -0.4 is 9.80 Å². The number of hydrogen-bond donors (Lipinski definition) is 0. The molecule has 0 aliphatic heterocycles. The number of benzene rings is 11. The van der Waals surface area contributed by atoms with Gasteiger partial charge in [-0.2, -0.15) is 0 Å². The molecule has 0 aliphatic rings. The van der Waals surface area contributed by atoms with Crippen molar-refractivity contribution in [1.29, 1.82) is 0 Å². The van der Waals surface area contributed by atoms with E-state index >= 15 is 0 Å². The van der Waals surface area contributed by atoms with Crippen molar-refractivity contribution in [3.05, 3.63) is 215 Å². The van der Waals surface area contributed by atoms with E-state index in [2.05, 4.69) is 209 Å². The number of furan rings is 4. The number of hydrogen-bond acceptors (Lipinski definition) is 6. The molecule has 0 spiro atoms. The van der Waals surface area contributed by atoms with Gasteiger partial charge in [0.05, 0.1) is 11.4 Å². The lowest BCUT2D eigenvalue weighted by atomic mass is 9.97. The van der Waals surface area contributed by atoms with Crippen LogP contribution in [0.2, 0.25) is 0 Å². The summed E-state index contributed by atoms with van der Waals surface area (Å²) < 4.78 is 27.1. The highest BCUT2D eigenvalue weighted by Gasteiger charge is 2.27. The second-order valence-corrected chi connectivity index (χ2v) is 20.3. The van der Waals surface area contributed by atoms with E-state index in [-0.39, 0.29) is 0 Å². The van der Waals surface area contributed by atoms with Crippen LogP contribution in [0.5, 0.6) is 0 Å². The van der Waals surface area contributed by atoms with Gasteiger partial charge in [0.2, 0.25) is 0 Å². The van der Waals surface area contributed by atoms with Crippen LogP contribution in [-0.2, 0) is 0 Å². The Bertz CT molecular complexity index is 4530. The highest BCUT2D eigenvalue weighted by atomic mass is 16.4. The van der Waals surface area contributed by atoms with Crippen molar-refractivity contribution in [2.45, 2.75) is 41.5 Å². The van der Waals surface area contributed by atoms with Crippen molar-refractivity contribution in [3.63, 3.8) is 0 Å². The first kappa shape index (κ1) is 42.4. The van der Waals surface area contributed by atoms with Gasteiger partial charge in [0, 0.05) is 88.7 Å². The number of nitrogens with zero attached hydrogens (tertiary/aromatic N) is 2. The number of anilines is 6. The van der Waals surface area contributed by atoms with Gasteiger partial charge in [-0.05, 0) is 171 Å². The van der Waals surface area contributed by atoms with Crippen LogP contribution in [0.4, 0.5) is 34.1 Å². The van der Waals surface area contributed by atoms with Gasteiger partial charge < -0.3 is 27.5 Å². The van der Waals surface area contributed by atoms with Crippen LogP contribution in [0.1, 0.15) is 33.4 Å². The summed E-state index contributed by atoms with van der Waals surface area (Å²) in [6.45, 7) is 13.2. The van der Waals surface area contributed by atoms with Gasteiger partial charge in [-0.25, -0.2) is 0 Å². The Morgan fingerprint density at radius 1 is 0.257 bits per heavy atom. The molecule has 0 unspecified atom stereocenters. The molecule has 0 saturated heterocycles. The third-order valence-corrected chi connectivity index (χ3v) is 16.1. The summed E-state index contributed by atoms with van der Waals surface area (Å²) in [5.41, 5.74) is 20.2. The molecule has 0 saturated carbocycles. The van der Waals surface area contributed by atoms with Gasteiger partial charge in [0.1, 0.15) is 33.5 Å². The van der Waals surface area contributed by atoms with E-state index in [1.807, 2.05) is 24.3 Å². The van der Waals surface area contributed by atoms with Gasteiger partial charge in [-0.15, -0.1) is 0 Å². The molecule has 11 aromatic carbocycles.